The first-order chi connectivity index (χ1) is 12.6. The van der Waals surface area contributed by atoms with Crippen LogP contribution in [0.4, 0.5) is 11.5 Å². The fourth-order valence-corrected chi connectivity index (χ4v) is 2.90. The maximum atomic E-state index is 12.5. The minimum absolute atomic E-state index is 0.0421. The second kappa shape index (κ2) is 6.55. The third kappa shape index (κ3) is 3.13. The van der Waals surface area contributed by atoms with E-state index in [9.17, 15) is 4.79 Å². The molecule has 4 rings (SSSR count). The Balaban J connectivity index is 1.40. The van der Waals surface area contributed by atoms with Crippen LogP contribution in [0, 0.1) is 19.8 Å². The van der Waals surface area contributed by atoms with Crippen LogP contribution in [0.3, 0.4) is 0 Å². The quantitative estimate of drug-likeness (QED) is 0.772. The molecule has 1 N–H and O–H groups in total. The molecule has 0 spiro atoms. The first-order valence-corrected chi connectivity index (χ1v) is 8.40. The van der Waals surface area contributed by atoms with Gasteiger partial charge in [-0.15, -0.1) is 0 Å². The average Bonchev–Trinajstić information content (AvgIpc) is 3.12. The molecule has 2 aromatic heterocycles. The zero-order valence-corrected chi connectivity index (χ0v) is 14.6. The van der Waals surface area contributed by atoms with Crippen LogP contribution in [0.15, 0.2) is 43.2 Å². The second-order valence-electron chi connectivity index (χ2n) is 6.48. The number of carbonyl (C=O) groups excluding carboxylic acids is 1. The van der Waals surface area contributed by atoms with E-state index in [1.807, 2.05) is 38.1 Å². The van der Waals surface area contributed by atoms with Crippen molar-refractivity contribution < 1.29 is 4.79 Å². The van der Waals surface area contributed by atoms with Gasteiger partial charge >= 0.3 is 0 Å². The van der Waals surface area contributed by atoms with Crippen molar-refractivity contribution in [2.75, 3.05) is 23.3 Å². The number of nitrogens with zero attached hydrogens (tertiary/aromatic N) is 6. The van der Waals surface area contributed by atoms with Crippen LogP contribution in [0.1, 0.15) is 11.1 Å². The maximum Gasteiger partial charge on any atom is 0.231 e. The van der Waals surface area contributed by atoms with Gasteiger partial charge in [0.1, 0.15) is 24.8 Å². The number of aromatic nitrogens is 5. The van der Waals surface area contributed by atoms with Gasteiger partial charge in [-0.1, -0.05) is 12.1 Å². The molecule has 1 amide bonds. The largest absolute Gasteiger partial charge is 0.355 e. The van der Waals surface area contributed by atoms with E-state index >= 15 is 0 Å². The molecule has 26 heavy (non-hydrogen) atoms. The summed E-state index contributed by atoms with van der Waals surface area (Å²) in [5.41, 5.74) is 3.07. The van der Waals surface area contributed by atoms with Gasteiger partial charge in [-0.25, -0.2) is 19.6 Å². The molecule has 0 aliphatic carbocycles. The normalized spacial score (nSPS) is 14.2. The number of amides is 1. The number of rotatable bonds is 4. The summed E-state index contributed by atoms with van der Waals surface area (Å²) in [5, 5.41) is 7.11. The predicted molar refractivity (Wildman–Crippen MR) is 97.2 cm³/mol. The average molecular weight is 349 g/mol. The first kappa shape index (κ1) is 16.2. The van der Waals surface area contributed by atoms with Crippen LogP contribution in [0.25, 0.3) is 5.82 Å². The van der Waals surface area contributed by atoms with Gasteiger partial charge in [0, 0.05) is 24.8 Å². The molecule has 0 atom stereocenters. The molecule has 1 fully saturated rings. The molecular formula is C18H19N7O. The van der Waals surface area contributed by atoms with Crippen LogP contribution in [-0.4, -0.2) is 43.7 Å². The molecule has 0 unspecified atom stereocenters. The highest BCUT2D eigenvalue weighted by Crippen LogP contribution is 2.25. The summed E-state index contributed by atoms with van der Waals surface area (Å²) >= 11 is 0. The highest BCUT2D eigenvalue weighted by Gasteiger charge is 2.34. The molecule has 8 nitrogen and oxygen atoms in total. The number of benzene rings is 1. The molecule has 1 aromatic carbocycles. The van der Waals surface area contributed by atoms with Gasteiger partial charge in [0.05, 0.1) is 5.92 Å². The third-order valence-corrected chi connectivity index (χ3v) is 4.52. The highest BCUT2D eigenvalue weighted by atomic mass is 16.2. The van der Waals surface area contributed by atoms with E-state index in [-0.39, 0.29) is 11.8 Å². The van der Waals surface area contributed by atoms with Crippen molar-refractivity contribution in [2.24, 2.45) is 5.92 Å². The van der Waals surface area contributed by atoms with E-state index in [0.29, 0.717) is 18.9 Å². The van der Waals surface area contributed by atoms with E-state index in [0.717, 1.165) is 22.6 Å². The number of hydrogen-bond acceptors (Lipinski definition) is 6. The van der Waals surface area contributed by atoms with E-state index in [1.165, 1.54) is 12.7 Å². The van der Waals surface area contributed by atoms with Gasteiger partial charge in [0.2, 0.25) is 5.91 Å². The molecule has 3 aromatic rings. The maximum absolute atomic E-state index is 12.5. The molecule has 0 saturated carbocycles. The van der Waals surface area contributed by atoms with Crippen molar-refractivity contribution in [2.45, 2.75) is 13.8 Å². The van der Waals surface area contributed by atoms with Gasteiger partial charge in [0.15, 0.2) is 5.82 Å². The molecule has 1 saturated heterocycles. The minimum Gasteiger partial charge on any atom is -0.355 e. The molecule has 8 heteroatoms. The minimum atomic E-state index is -0.0558. The number of hydrogen-bond donors (Lipinski definition) is 1. The van der Waals surface area contributed by atoms with Gasteiger partial charge in [-0.2, -0.15) is 5.10 Å². The van der Waals surface area contributed by atoms with Crippen LogP contribution < -0.4 is 10.2 Å². The van der Waals surface area contributed by atoms with E-state index in [1.54, 1.807) is 11.0 Å². The lowest BCUT2D eigenvalue weighted by atomic mass is 9.98. The van der Waals surface area contributed by atoms with E-state index in [2.05, 4.69) is 30.3 Å². The number of aryl methyl sites for hydroxylation is 2. The van der Waals surface area contributed by atoms with Crippen molar-refractivity contribution in [3.05, 3.63) is 54.4 Å². The van der Waals surface area contributed by atoms with Crippen molar-refractivity contribution >= 4 is 17.4 Å². The van der Waals surface area contributed by atoms with Crippen molar-refractivity contribution in [3.63, 3.8) is 0 Å². The number of anilines is 2. The molecule has 3 heterocycles. The summed E-state index contributed by atoms with van der Waals surface area (Å²) in [6.07, 6.45) is 4.54. The van der Waals surface area contributed by atoms with Crippen LogP contribution in [0.2, 0.25) is 0 Å². The smallest absolute Gasteiger partial charge is 0.231 e. The first-order valence-electron chi connectivity index (χ1n) is 8.40. The third-order valence-electron chi connectivity index (χ3n) is 4.52. The monoisotopic (exact) mass is 349 g/mol. The van der Waals surface area contributed by atoms with Gasteiger partial charge in [0.25, 0.3) is 0 Å². The summed E-state index contributed by atoms with van der Waals surface area (Å²) < 4.78 is 1.58. The van der Waals surface area contributed by atoms with Crippen LogP contribution >= 0.6 is 0 Å². The molecule has 1 aliphatic heterocycles. The Hall–Kier alpha value is -3.29. The summed E-state index contributed by atoms with van der Waals surface area (Å²) in [6.45, 7) is 5.27. The van der Waals surface area contributed by atoms with Crippen LogP contribution in [0.5, 0.6) is 0 Å². The highest BCUT2D eigenvalue weighted by molar-refractivity contribution is 5.95. The number of nitrogens with one attached hydrogen (secondary N) is 1. The fraction of sp³-hybridized carbons (Fsp3) is 0.278. The molecule has 0 radical (unpaired) electrons. The summed E-state index contributed by atoms with van der Waals surface area (Å²) in [6, 6.07) is 7.90. The molecule has 132 valence electrons. The Morgan fingerprint density at radius 3 is 2.69 bits per heavy atom. The summed E-state index contributed by atoms with van der Waals surface area (Å²) in [4.78, 5) is 27.0. The van der Waals surface area contributed by atoms with Gasteiger partial charge < -0.3 is 10.2 Å². The van der Waals surface area contributed by atoms with Gasteiger partial charge in [-0.3, -0.25) is 4.79 Å². The Kier molecular flexibility index (Phi) is 4.08. The Labute approximate surface area is 150 Å². The standard InChI is InChI=1S/C18H19N7O/c1-12-3-4-13(2)15(5-12)23-18(26)14-7-24(8-14)16-6-17(21-10-20-16)25-11-19-9-22-25/h3-6,9-11,14H,7-8H2,1-2H3,(H,23,26). The topological polar surface area (TPSA) is 88.8 Å². The zero-order chi connectivity index (χ0) is 18.1. The predicted octanol–water partition coefficient (Wildman–Crippen LogP) is 1.75. The van der Waals surface area contributed by atoms with Crippen molar-refractivity contribution in [1.29, 1.82) is 0 Å². The zero-order valence-electron chi connectivity index (χ0n) is 14.6. The Morgan fingerprint density at radius 2 is 1.92 bits per heavy atom. The van der Waals surface area contributed by atoms with Crippen molar-refractivity contribution in [3.8, 4) is 5.82 Å². The Bertz CT molecular complexity index is 932. The Morgan fingerprint density at radius 1 is 1.12 bits per heavy atom. The number of carbonyl (C=O) groups is 1. The SMILES string of the molecule is Cc1ccc(C)c(NC(=O)C2CN(c3cc(-n4cncn4)ncn3)C2)c1. The molecule has 0 bridgehead atoms. The van der Waals surface area contributed by atoms with Crippen molar-refractivity contribution in [1.82, 2.24) is 24.7 Å². The lowest BCUT2D eigenvalue weighted by Crippen LogP contribution is -2.52. The lowest BCUT2D eigenvalue weighted by molar-refractivity contribution is -0.120. The lowest BCUT2D eigenvalue weighted by Gasteiger charge is -2.39. The van der Waals surface area contributed by atoms with Crippen LogP contribution in [-0.2, 0) is 4.79 Å². The summed E-state index contributed by atoms with van der Waals surface area (Å²) in [5.74, 6) is 1.41. The molecular weight excluding hydrogens is 330 g/mol. The fourth-order valence-electron chi connectivity index (χ4n) is 2.90. The van der Waals surface area contributed by atoms with E-state index < -0.39 is 0 Å². The van der Waals surface area contributed by atoms with Gasteiger partial charge in [-0.05, 0) is 31.0 Å². The van der Waals surface area contributed by atoms with E-state index in [4.69, 9.17) is 0 Å². The second-order valence-corrected chi connectivity index (χ2v) is 6.48. The molecule has 1 aliphatic rings. The summed E-state index contributed by atoms with van der Waals surface area (Å²) in [7, 11) is 0.